The molecule has 1 N–H and O–H groups in total. The summed E-state index contributed by atoms with van der Waals surface area (Å²) in [7, 11) is 0. The maximum atomic E-state index is 12.3. The molecular weight excluding hydrogens is 320 g/mol. The third-order valence-corrected chi connectivity index (χ3v) is 5.49. The normalized spacial score (nSPS) is 14.2. The van der Waals surface area contributed by atoms with Crippen LogP contribution >= 0.6 is 11.3 Å². The zero-order valence-electron chi connectivity index (χ0n) is 14.1. The minimum atomic E-state index is -0.0263. The summed E-state index contributed by atoms with van der Waals surface area (Å²) in [5.41, 5.74) is 3.21. The molecule has 0 radical (unpaired) electrons. The van der Waals surface area contributed by atoms with Gasteiger partial charge in [0.1, 0.15) is 0 Å². The second kappa shape index (κ2) is 7.18. The van der Waals surface area contributed by atoms with Crippen molar-refractivity contribution < 1.29 is 9.59 Å². The van der Waals surface area contributed by atoms with E-state index >= 15 is 0 Å². The first-order valence-electron chi connectivity index (χ1n) is 8.35. The Bertz CT molecular complexity index is 749. The van der Waals surface area contributed by atoms with Gasteiger partial charge in [-0.1, -0.05) is 19.1 Å². The molecule has 1 aliphatic heterocycles. The molecule has 0 unspecified atom stereocenters. The topological polar surface area (TPSA) is 49.4 Å². The third-order valence-electron chi connectivity index (χ3n) is 4.40. The van der Waals surface area contributed by atoms with Crippen LogP contribution in [-0.4, -0.2) is 18.4 Å². The molecule has 1 saturated heterocycles. The van der Waals surface area contributed by atoms with Gasteiger partial charge in [-0.3, -0.25) is 9.59 Å². The van der Waals surface area contributed by atoms with Crippen LogP contribution in [0.1, 0.15) is 45.4 Å². The Morgan fingerprint density at radius 1 is 1.29 bits per heavy atom. The highest BCUT2D eigenvalue weighted by Gasteiger charge is 2.21. The van der Waals surface area contributed by atoms with E-state index in [0.29, 0.717) is 13.0 Å². The molecule has 0 spiro atoms. The van der Waals surface area contributed by atoms with Gasteiger partial charge in [0.2, 0.25) is 5.91 Å². The van der Waals surface area contributed by atoms with Gasteiger partial charge in [0.05, 0.1) is 4.88 Å². The lowest BCUT2D eigenvalue weighted by atomic mass is 10.2. The Kier molecular flexibility index (Phi) is 5.00. The van der Waals surface area contributed by atoms with E-state index in [2.05, 4.69) is 19.2 Å². The van der Waals surface area contributed by atoms with Crippen LogP contribution in [0.15, 0.2) is 30.3 Å². The molecule has 2 amide bonds. The van der Waals surface area contributed by atoms with E-state index in [9.17, 15) is 9.59 Å². The monoisotopic (exact) mass is 342 g/mol. The Morgan fingerprint density at radius 2 is 2.04 bits per heavy atom. The number of hydrogen-bond acceptors (Lipinski definition) is 3. The standard InChI is InChI=1S/C19H22N2O2S/c1-3-15-11-17(24-13(15)2)19(23)20-12-14-6-8-16(9-7-14)21-10-4-5-18(21)22/h6-9,11H,3-5,10,12H2,1-2H3,(H,20,23). The van der Waals surface area contributed by atoms with E-state index in [4.69, 9.17) is 0 Å². The minimum Gasteiger partial charge on any atom is -0.347 e. The number of benzene rings is 1. The molecule has 1 aromatic carbocycles. The van der Waals surface area contributed by atoms with Gasteiger partial charge in [0, 0.05) is 30.1 Å². The largest absolute Gasteiger partial charge is 0.347 e. The number of aryl methyl sites for hydroxylation is 2. The predicted molar refractivity (Wildman–Crippen MR) is 97.6 cm³/mol. The van der Waals surface area contributed by atoms with Gasteiger partial charge in [-0.25, -0.2) is 0 Å². The van der Waals surface area contributed by atoms with Gasteiger partial charge < -0.3 is 10.2 Å². The van der Waals surface area contributed by atoms with Crippen LogP contribution in [0.25, 0.3) is 0 Å². The van der Waals surface area contributed by atoms with Crippen molar-refractivity contribution in [2.45, 2.75) is 39.7 Å². The highest BCUT2D eigenvalue weighted by molar-refractivity contribution is 7.14. The molecule has 1 fully saturated rings. The molecule has 126 valence electrons. The van der Waals surface area contributed by atoms with E-state index < -0.39 is 0 Å². The SMILES string of the molecule is CCc1cc(C(=O)NCc2ccc(N3CCCC3=O)cc2)sc1C. The van der Waals surface area contributed by atoms with Crippen LogP contribution in [0.3, 0.4) is 0 Å². The first-order valence-corrected chi connectivity index (χ1v) is 9.17. The third kappa shape index (κ3) is 3.51. The van der Waals surface area contributed by atoms with Crippen LogP contribution < -0.4 is 10.2 Å². The summed E-state index contributed by atoms with van der Waals surface area (Å²) in [6.07, 6.45) is 2.51. The molecule has 0 atom stereocenters. The molecule has 0 saturated carbocycles. The van der Waals surface area contributed by atoms with Crippen LogP contribution in [0.2, 0.25) is 0 Å². The summed E-state index contributed by atoms with van der Waals surface area (Å²) < 4.78 is 0. The van der Waals surface area contributed by atoms with Gasteiger partial charge in [-0.05, 0) is 49.1 Å². The number of anilines is 1. The van der Waals surface area contributed by atoms with Crippen molar-refractivity contribution in [3.8, 4) is 0 Å². The fourth-order valence-electron chi connectivity index (χ4n) is 2.97. The van der Waals surface area contributed by atoms with Crippen molar-refractivity contribution in [2.24, 2.45) is 0 Å². The number of carbonyl (C=O) groups excluding carboxylic acids is 2. The number of hydrogen-bond donors (Lipinski definition) is 1. The predicted octanol–water partition coefficient (Wildman–Crippen LogP) is 3.68. The van der Waals surface area contributed by atoms with Crippen LogP contribution in [-0.2, 0) is 17.8 Å². The lowest BCUT2D eigenvalue weighted by Crippen LogP contribution is -2.24. The van der Waals surface area contributed by atoms with Crippen molar-refractivity contribution in [3.63, 3.8) is 0 Å². The zero-order chi connectivity index (χ0) is 17.1. The molecule has 2 aromatic rings. The van der Waals surface area contributed by atoms with Crippen molar-refractivity contribution in [1.29, 1.82) is 0 Å². The van der Waals surface area contributed by atoms with Crippen molar-refractivity contribution in [3.05, 3.63) is 51.2 Å². The Labute approximate surface area is 146 Å². The second-order valence-electron chi connectivity index (χ2n) is 6.04. The molecular formula is C19H22N2O2S. The van der Waals surface area contributed by atoms with Crippen molar-refractivity contribution >= 4 is 28.8 Å². The van der Waals surface area contributed by atoms with Gasteiger partial charge in [0.15, 0.2) is 0 Å². The quantitative estimate of drug-likeness (QED) is 0.901. The molecule has 4 nitrogen and oxygen atoms in total. The van der Waals surface area contributed by atoms with Crippen LogP contribution in [0.5, 0.6) is 0 Å². The molecule has 0 aliphatic carbocycles. The number of nitrogens with one attached hydrogen (secondary N) is 1. The van der Waals surface area contributed by atoms with Crippen LogP contribution in [0, 0.1) is 6.92 Å². The lowest BCUT2D eigenvalue weighted by molar-refractivity contribution is -0.117. The van der Waals surface area contributed by atoms with Crippen LogP contribution in [0.4, 0.5) is 5.69 Å². The first kappa shape index (κ1) is 16.7. The Balaban J connectivity index is 1.60. The maximum Gasteiger partial charge on any atom is 0.261 e. The summed E-state index contributed by atoms with van der Waals surface area (Å²) >= 11 is 1.55. The number of carbonyl (C=O) groups is 2. The number of amides is 2. The highest BCUT2D eigenvalue weighted by Crippen LogP contribution is 2.23. The molecule has 24 heavy (non-hydrogen) atoms. The Hall–Kier alpha value is -2.14. The fourth-order valence-corrected chi connectivity index (χ4v) is 4.00. The number of nitrogens with zero attached hydrogens (tertiary/aromatic N) is 1. The fraction of sp³-hybridized carbons (Fsp3) is 0.368. The zero-order valence-corrected chi connectivity index (χ0v) is 14.9. The van der Waals surface area contributed by atoms with Gasteiger partial charge >= 0.3 is 0 Å². The smallest absolute Gasteiger partial charge is 0.261 e. The second-order valence-corrected chi connectivity index (χ2v) is 7.30. The Morgan fingerprint density at radius 3 is 2.62 bits per heavy atom. The minimum absolute atomic E-state index is 0.0263. The van der Waals surface area contributed by atoms with E-state index in [1.165, 1.54) is 10.4 Å². The molecule has 0 bridgehead atoms. The first-order chi connectivity index (χ1) is 11.6. The number of rotatable bonds is 5. The van der Waals surface area contributed by atoms with E-state index in [0.717, 1.165) is 35.5 Å². The average Bonchev–Trinajstić information content (AvgIpc) is 3.18. The van der Waals surface area contributed by atoms with Crippen molar-refractivity contribution in [2.75, 3.05) is 11.4 Å². The molecule has 1 aliphatic rings. The van der Waals surface area contributed by atoms with E-state index in [1.807, 2.05) is 35.2 Å². The lowest BCUT2D eigenvalue weighted by Gasteiger charge is -2.16. The van der Waals surface area contributed by atoms with E-state index in [1.54, 1.807) is 11.3 Å². The highest BCUT2D eigenvalue weighted by atomic mass is 32.1. The summed E-state index contributed by atoms with van der Waals surface area (Å²) in [5.74, 6) is 0.164. The van der Waals surface area contributed by atoms with Crippen molar-refractivity contribution in [1.82, 2.24) is 5.32 Å². The molecule has 1 aromatic heterocycles. The summed E-state index contributed by atoms with van der Waals surface area (Å²) in [5, 5.41) is 2.97. The number of thiophene rings is 1. The van der Waals surface area contributed by atoms with Gasteiger partial charge in [-0.2, -0.15) is 0 Å². The summed E-state index contributed by atoms with van der Waals surface area (Å²) in [6, 6.07) is 9.83. The maximum absolute atomic E-state index is 12.3. The summed E-state index contributed by atoms with van der Waals surface area (Å²) in [6.45, 7) is 5.44. The van der Waals surface area contributed by atoms with E-state index in [-0.39, 0.29) is 11.8 Å². The van der Waals surface area contributed by atoms with Gasteiger partial charge in [-0.15, -0.1) is 11.3 Å². The average molecular weight is 342 g/mol. The summed E-state index contributed by atoms with van der Waals surface area (Å²) in [4.78, 5) is 27.8. The molecule has 2 heterocycles. The molecule has 5 heteroatoms. The molecule has 3 rings (SSSR count). The van der Waals surface area contributed by atoms with Gasteiger partial charge in [0.25, 0.3) is 5.91 Å².